The summed E-state index contributed by atoms with van der Waals surface area (Å²) in [5.41, 5.74) is 0.748. The summed E-state index contributed by atoms with van der Waals surface area (Å²) in [6, 6.07) is 4.48. The van der Waals surface area contributed by atoms with Gasteiger partial charge in [-0.25, -0.2) is 0 Å². The van der Waals surface area contributed by atoms with Crippen LogP contribution in [0.25, 0.3) is 0 Å². The van der Waals surface area contributed by atoms with Crippen molar-refractivity contribution in [2.24, 2.45) is 0 Å². The van der Waals surface area contributed by atoms with Gasteiger partial charge in [0.2, 0.25) is 0 Å². The first-order chi connectivity index (χ1) is 8.06. The molecule has 1 amide bonds. The molecule has 0 unspecified atom stereocenters. The number of likely N-dealkylation sites (N-methyl/N-ethyl adjacent to an activating group) is 1. The van der Waals surface area contributed by atoms with Gasteiger partial charge >= 0.3 is 0 Å². The summed E-state index contributed by atoms with van der Waals surface area (Å²) in [7, 11) is 1.77. The topological polar surface area (TPSA) is 84.3 Å². The summed E-state index contributed by atoms with van der Waals surface area (Å²) in [5.74, 6) is -0.421. The molecule has 2 N–H and O–H groups in total. The van der Waals surface area contributed by atoms with Crippen molar-refractivity contribution in [3.63, 3.8) is 0 Å². The average molecular weight is 274 g/mol. The number of nitro groups is 1. The summed E-state index contributed by atoms with van der Waals surface area (Å²) in [6.45, 7) is 2.83. The minimum atomic E-state index is -0.549. The van der Waals surface area contributed by atoms with Gasteiger partial charge in [0.1, 0.15) is 5.56 Å². The third-order valence-corrected chi connectivity index (χ3v) is 2.25. The lowest BCUT2D eigenvalue weighted by atomic mass is 10.1. The predicted octanol–water partition coefficient (Wildman–Crippen LogP) is 1.27. The standard InChI is InChI=1S/C11H15N3O3.ClH/c1-8-3-4-10(14(16)17)9(7-8)11(15)13-6-5-12-2;/h3-4,7,12H,5-6H2,1-2H3,(H,13,15);1H. The lowest BCUT2D eigenvalue weighted by Gasteiger charge is -2.06. The third kappa shape index (κ3) is 4.31. The third-order valence-electron chi connectivity index (χ3n) is 2.25. The first kappa shape index (κ1) is 16.3. The Bertz CT molecular complexity index is 438. The Morgan fingerprint density at radius 1 is 1.39 bits per heavy atom. The number of halogens is 1. The molecule has 18 heavy (non-hydrogen) atoms. The number of hydrogen-bond donors (Lipinski definition) is 2. The summed E-state index contributed by atoms with van der Waals surface area (Å²) >= 11 is 0. The number of rotatable bonds is 5. The molecule has 0 fully saturated rings. The maximum absolute atomic E-state index is 11.8. The van der Waals surface area contributed by atoms with Crippen molar-refractivity contribution >= 4 is 24.0 Å². The predicted molar refractivity (Wildman–Crippen MR) is 71.3 cm³/mol. The SMILES string of the molecule is CNCCNC(=O)c1cc(C)ccc1[N+](=O)[O-].Cl. The minimum absolute atomic E-state index is 0. The van der Waals surface area contributed by atoms with Gasteiger partial charge in [-0.2, -0.15) is 0 Å². The van der Waals surface area contributed by atoms with E-state index in [1.165, 1.54) is 12.1 Å². The van der Waals surface area contributed by atoms with Crippen LogP contribution in [0.15, 0.2) is 18.2 Å². The second kappa shape index (κ2) is 7.62. The molecule has 0 aliphatic heterocycles. The first-order valence-electron chi connectivity index (χ1n) is 5.24. The van der Waals surface area contributed by atoms with E-state index in [0.717, 1.165) is 5.56 Å². The Morgan fingerprint density at radius 3 is 2.61 bits per heavy atom. The maximum atomic E-state index is 11.8. The number of nitrogens with one attached hydrogen (secondary N) is 2. The van der Waals surface area contributed by atoms with E-state index in [0.29, 0.717) is 13.1 Å². The zero-order valence-electron chi connectivity index (χ0n) is 10.2. The molecular formula is C11H16ClN3O3. The Labute approximate surface area is 111 Å². The molecule has 1 aromatic rings. The Balaban J connectivity index is 0.00000289. The molecule has 0 heterocycles. The number of carbonyl (C=O) groups is 1. The molecule has 0 saturated carbocycles. The zero-order valence-corrected chi connectivity index (χ0v) is 11.0. The van der Waals surface area contributed by atoms with E-state index in [1.807, 2.05) is 0 Å². The molecule has 0 saturated heterocycles. The van der Waals surface area contributed by atoms with Gasteiger partial charge in [0.15, 0.2) is 0 Å². The van der Waals surface area contributed by atoms with Gasteiger partial charge < -0.3 is 10.6 Å². The molecule has 0 aliphatic carbocycles. The molecule has 6 nitrogen and oxygen atoms in total. The van der Waals surface area contributed by atoms with Crippen molar-refractivity contribution in [3.05, 3.63) is 39.4 Å². The van der Waals surface area contributed by atoms with Crippen LogP contribution in [0.5, 0.6) is 0 Å². The van der Waals surface area contributed by atoms with Crippen LogP contribution in [0, 0.1) is 17.0 Å². The van der Waals surface area contributed by atoms with Gasteiger partial charge in [-0.05, 0) is 25.6 Å². The largest absolute Gasteiger partial charge is 0.351 e. The molecule has 0 radical (unpaired) electrons. The van der Waals surface area contributed by atoms with Crippen molar-refractivity contribution < 1.29 is 9.72 Å². The summed E-state index contributed by atoms with van der Waals surface area (Å²) < 4.78 is 0. The van der Waals surface area contributed by atoms with Gasteiger partial charge in [-0.1, -0.05) is 6.07 Å². The zero-order chi connectivity index (χ0) is 12.8. The Hall–Kier alpha value is -1.66. The van der Waals surface area contributed by atoms with E-state index in [1.54, 1.807) is 20.0 Å². The van der Waals surface area contributed by atoms with E-state index in [9.17, 15) is 14.9 Å². The summed E-state index contributed by atoms with van der Waals surface area (Å²) in [5, 5.41) is 16.3. The van der Waals surface area contributed by atoms with Crippen LogP contribution in [-0.4, -0.2) is 31.0 Å². The molecular weight excluding hydrogens is 258 g/mol. The summed E-state index contributed by atoms with van der Waals surface area (Å²) in [6.07, 6.45) is 0. The van der Waals surface area contributed by atoms with Gasteiger partial charge in [-0.3, -0.25) is 14.9 Å². The van der Waals surface area contributed by atoms with Crippen molar-refractivity contribution in [2.45, 2.75) is 6.92 Å². The van der Waals surface area contributed by atoms with Gasteiger partial charge in [0.05, 0.1) is 4.92 Å². The van der Waals surface area contributed by atoms with Gasteiger partial charge in [0, 0.05) is 19.2 Å². The highest BCUT2D eigenvalue weighted by Gasteiger charge is 2.19. The highest BCUT2D eigenvalue weighted by atomic mass is 35.5. The second-order valence-electron chi connectivity index (χ2n) is 3.64. The number of carbonyl (C=O) groups excluding carboxylic acids is 1. The fourth-order valence-corrected chi connectivity index (χ4v) is 1.39. The Kier molecular flexibility index (Phi) is 6.92. The lowest BCUT2D eigenvalue weighted by molar-refractivity contribution is -0.385. The average Bonchev–Trinajstić information content (AvgIpc) is 2.28. The van der Waals surface area contributed by atoms with E-state index >= 15 is 0 Å². The van der Waals surface area contributed by atoms with Gasteiger partial charge in [0.25, 0.3) is 11.6 Å². The molecule has 1 aromatic carbocycles. The molecule has 0 atom stereocenters. The van der Waals surface area contributed by atoms with Crippen LogP contribution in [-0.2, 0) is 0 Å². The monoisotopic (exact) mass is 273 g/mol. The number of nitro benzene ring substituents is 1. The molecule has 0 aromatic heterocycles. The van der Waals surface area contributed by atoms with Crippen molar-refractivity contribution in [3.8, 4) is 0 Å². The molecule has 1 rings (SSSR count). The number of amides is 1. The number of benzene rings is 1. The van der Waals surface area contributed by atoms with E-state index in [-0.39, 0.29) is 23.7 Å². The Morgan fingerprint density at radius 2 is 2.06 bits per heavy atom. The van der Waals surface area contributed by atoms with E-state index in [4.69, 9.17) is 0 Å². The highest BCUT2D eigenvalue weighted by molar-refractivity contribution is 5.98. The molecule has 0 bridgehead atoms. The lowest BCUT2D eigenvalue weighted by Crippen LogP contribution is -2.30. The molecule has 7 heteroatoms. The quantitative estimate of drug-likeness (QED) is 0.481. The fourth-order valence-electron chi connectivity index (χ4n) is 1.39. The minimum Gasteiger partial charge on any atom is -0.351 e. The van der Waals surface area contributed by atoms with E-state index in [2.05, 4.69) is 10.6 Å². The number of aryl methyl sites for hydroxylation is 1. The van der Waals surface area contributed by atoms with Gasteiger partial charge in [-0.15, -0.1) is 12.4 Å². The van der Waals surface area contributed by atoms with E-state index < -0.39 is 10.8 Å². The van der Waals surface area contributed by atoms with Crippen LogP contribution in [0.3, 0.4) is 0 Å². The van der Waals surface area contributed by atoms with Crippen LogP contribution in [0.4, 0.5) is 5.69 Å². The fraction of sp³-hybridized carbons (Fsp3) is 0.364. The smallest absolute Gasteiger partial charge is 0.282 e. The maximum Gasteiger partial charge on any atom is 0.282 e. The highest BCUT2D eigenvalue weighted by Crippen LogP contribution is 2.19. The van der Waals surface area contributed by atoms with Crippen molar-refractivity contribution in [2.75, 3.05) is 20.1 Å². The first-order valence-corrected chi connectivity index (χ1v) is 5.24. The molecule has 100 valence electrons. The van der Waals surface area contributed by atoms with Crippen molar-refractivity contribution in [1.82, 2.24) is 10.6 Å². The van der Waals surface area contributed by atoms with Crippen LogP contribution in [0.2, 0.25) is 0 Å². The van der Waals surface area contributed by atoms with Crippen molar-refractivity contribution in [1.29, 1.82) is 0 Å². The molecule has 0 aliphatic rings. The van der Waals surface area contributed by atoms with Crippen LogP contribution < -0.4 is 10.6 Å². The number of hydrogen-bond acceptors (Lipinski definition) is 4. The second-order valence-corrected chi connectivity index (χ2v) is 3.64. The van der Waals surface area contributed by atoms with Crippen LogP contribution in [0.1, 0.15) is 15.9 Å². The summed E-state index contributed by atoms with van der Waals surface area (Å²) in [4.78, 5) is 22.0. The van der Waals surface area contributed by atoms with Crippen LogP contribution >= 0.6 is 12.4 Å². The normalized spacial score (nSPS) is 9.44. The number of nitrogens with zero attached hydrogens (tertiary/aromatic N) is 1. The molecule has 0 spiro atoms.